The van der Waals surface area contributed by atoms with Gasteiger partial charge in [0.15, 0.2) is 0 Å². The molecule has 0 bridgehead atoms. The van der Waals surface area contributed by atoms with Gasteiger partial charge in [0.05, 0.1) is 0 Å². The van der Waals surface area contributed by atoms with Gasteiger partial charge in [-0.15, -0.1) is 0 Å². The molecule has 2 aliphatic rings. The maximum atomic E-state index is 5.31. The molecule has 0 saturated carbocycles. The molecule has 1 N–H and O–H groups in total. The molecule has 2 fully saturated rings. The van der Waals surface area contributed by atoms with Crippen LogP contribution < -0.4 is 10.2 Å². The Hall–Kier alpha value is -1.10. The van der Waals surface area contributed by atoms with Crippen LogP contribution in [-0.4, -0.2) is 36.3 Å². The van der Waals surface area contributed by atoms with Crippen molar-refractivity contribution < 1.29 is 4.52 Å². The van der Waals surface area contributed by atoms with Crippen molar-refractivity contribution in [3.05, 3.63) is 5.89 Å². The largest absolute Gasteiger partial charge is 0.338 e. The van der Waals surface area contributed by atoms with Crippen LogP contribution in [0.2, 0.25) is 0 Å². The number of aromatic nitrogens is 2. The van der Waals surface area contributed by atoms with E-state index in [0.29, 0.717) is 11.3 Å². The van der Waals surface area contributed by atoms with Gasteiger partial charge in [-0.1, -0.05) is 13.8 Å². The molecule has 0 aliphatic carbocycles. The Morgan fingerprint density at radius 1 is 1.39 bits per heavy atom. The quantitative estimate of drug-likeness (QED) is 0.867. The van der Waals surface area contributed by atoms with E-state index in [4.69, 9.17) is 4.52 Å². The Morgan fingerprint density at radius 3 is 2.94 bits per heavy atom. The van der Waals surface area contributed by atoms with Gasteiger partial charge in [0, 0.05) is 31.0 Å². The Balaban J connectivity index is 1.75. The summed E-state index contributed by atoms with van der Waals surface area (Å²) in [5, 5.41) is 7.62. The second-order valence-corrected chi connectivity index (χ2v) is 6.04. The number of nitrogens with one attached hydrogen (secondary N) is 1. The van der Waals surface area contributed by atoms with Gasteiger partial charge in [-0.3, -0.25) is 0 Å². The molecular formula is C13H22N4O. The second kappa shape index (κ2) is 4.53. The molecule has 1 aromatic rings. The summed E-state index contributed by atoms with van der Waals surface area (Å²) in [5.41, 5.74) is 0.441. The molecule has 0 radical (unpaired) electrons. The number of nitrogens with zero attached hydrogens (tertiary/aromatic N) is 3. The topological polar surface area (TPSA) is 54.2 Å². The molecule has 3 rings (SSSR count). The third-order valence-corrected chi connectivity index (χ3v) is 4.20. The van der Waals surface area contributed by atoms with Crippen molar-refractivity contribution >= 4 is 5.95 Å². The highest BCUT2D eigenvalue weighted by molar-refractivity contribution is 5.30. The van der Waals surface area contributed by atoms with Crippen molar-refractivity contribution in [2.75, 3.05) is 31.1 Å². The van der Waals surface area contributed by atoms with E-state index in [2.05, 4.69) is 34.2 Å². The van der Waals surface area contributed by atoms with Crippen LogP contribution in [0.4, 0.5) is 5.95 Å². The fraction of sp³-hybridized carbons (Fsp3) is 0.846. The van der Waals surface area contributed by atoms with Gasteiger partial charge in [-0.25, -0.2) is 0 Å². The molecule has 18 heavy (non-hydrogen) atoms. The molecule has 100 valence electrons. The lowest BCUT2D eigenvalue weighted by Crippen LogP contribution is -2.45. The first-order chi connectivity index (χ1) is 8.69. The maximum Gasteiger partial charge on any atom is 0.266 e. The highest BCUT2D eigenvalue weighted by Crippen LogP contribution is 2.36. The van der Waals surface area contributed by atoms with Crippen molar-refractivity contribution in [3.8, 4) is 0 Å². The van der Waals surface area contributed by atoms with Crippen LogP contribution in [0.15, 0.2) is 4.52 Å². The van der Waals surface area contributed by atoms with E-state index >= 15 is 0 Å². The van der Waals surface area contributed by atoms with E-state index < -0.39 is 0 Å². The minimum absolute atomic E-state index is 0.304. The molecule has 5 heteroatoms. The molecule has 0 amide bonds. The number of rotatable bonds is 2. The number of anilines is 1. The Labute approximate surface area is 108 Å². The van der Waals surface area contributed by atoms with Crippen molar-refractivity contribution in [2.45, 2.75) is 39.0 Å². The first-order valence-corrected chi connectivity index (χ1v) is 6.98. The zero-order chi connectivity index (χ0) is 12.6. The number of hydrogen-bond donors (Lipinski definition) is 1. The molecule has 3 heterocycles. The minimum Gasteiger partial charge on any atom is -0.338 e. The van der Waals surface area contributed by atoms with Crippen LogP contribution in [0.5, 0.6) is 0 Å². The standard InChI is InChI=1S/C13H22N4O/c1-10(2)11-15-12(16-18-11)17-7-3-4-13(9-17)5-6-14-8-13/h10,14H,3-9H2,1-2H3/t13-/m1/s1. The van der Waals surface area contributed by atoms with E-state index in [0.717, 1.165) is 38.0 Å². The van der Waals surface area contributed by atoms with Crippen LogP contribution in [0.3, 0.4) is 0 Å². The summed E-state index contributed by atoms with van der Waals surface area (Å²) in [4.78, 5) is 6.81. The minimum atomic E-state index is 0.304. The first kappa shape index (κ1) is 12.0. The van der Waals surface area contributed by atoms with E-state index in [-0.39, 0.29) is 0 Å². The van der Waals surface area contributed by atoms with E-state index in [1.54, 1.807) is 0 Å². The Morgan fingerprint density at radius 2 is 2.28 bits per heavy atom. The van der Waals surface area contributed by atoms with Gasteiger partial charge in [-0.2, -0.15) is 4.98 Å². The van der Waals surface area contributed by atoms with E-state index in [9.17, 15) is 0 Å². The molecule has 1 aromatic heterocycles. The third-order valence-electron chi connectivity index (χ3n) is 4.20. The Kier molecular flexibility index (Phi) is 3.01. The van der Waals surface area contributed by atoms with Gasteiger partial charge < -0.3 is 14.7 Å². The average molecular weight is 250 g/mol. The van der Waals surface area contributed by atoms with E-state index in [1.165, 1.54) is 19.3 Å². The predicted molar refractivity (Wildman–Crippen MR) is 69.8 cm³/mol. The van der Waals surface area contributed by atoms with Crippen LogP contribution in [-0.2, 0) is 0 Å². The molecule has 0 unspecified atom stereocenters. The number of piperidine rings is 1. The van der Waals surface area contributed by atoms with Crippen molar-refractivity contribution in [1.82, 2.24) is 15.5 Å². The summed E-state index contributed by atoms with van der Waals surface area (Å²) in [5.74, 6) is 1.83. The molecule has 2 aliphatic heterocycles. The summed E-state index contributed by atoms with van der Waals surface area (Å²) < 4.78 is 5.31. The molecule has 0 aromatic carbocycles. The van der Waals surface area contributed by atoms with Crippen molar-refractivity contribution in [1.29, 1.82) is 0 Å². The summed E-state index contributed by atoms with van der Waals surface area (Å²) in [7, 11) is 0. The zero-order valence-electron chi connectivity index (χ0n) is 11.3. The molecule has 2 saturated heterocycles. The fourth-order valence-electron chi connectivity index (χ4n) is 3.11. The number of hydrogen-bond acceptors (Lipinski definition) is 5. The molecule has 1 atom stereocenters. The van der Waals surface area contributed by atoms with Crippen molar-refractivity contribution in [2.24, 2.45) is 5.41 Å². The molecule has 5 nitrogen and oxygen atoms in total. The maximum absolute atomic E-state index is 5.31. The lowest BCUT2D eigenvalue weighted by Gasteiger charge is -2.39. The van der Waals surface area contributed by atoms with Gasteiger partial charge in [0.2, 0.25) is 5.89 Å². The summed E-state index contributed by atoms with van der Waals surface area (Å²) in [6.07, 6.45) is 3.83. The second-order valence-electron chi connectivity index (χ2n) is 6.04. The first-order valence-electron chi connectivity index (χ1n) is 6.98. The Bertz CT molecular complexity index is 409. The van der Waals surface area contributed by atoms with Gasteiger partial charge >= 0.3 is 0 Å². The van der Waals surface area contributed by atoms with Crippen LogP contribution in [0.25, 0.3) is 0 Å². The summed E-state index contributed by atoms with van der Waals surface area (Å²) in [6, 6.07) is 0. The highest BCUT2D eigenvalue weighted by Gasteiger charge is 2.39. The zero-order valence-corrected chi connectivity index (χ0v) is 11.3. The van der Waals surface area contributed by atoms with Gasteiger partial charge in [-0.05, 0) is 31.0 Å². The fourth-order valence-corrected chi connectivity index (χ4v) is 3.11. The SMILES string of the molecule is CC(C)c1nc(N2CCC[C@]3(CCNC3)C2)no1. The molecule has 1 spiro atoms. The predicted octanol–water partition coefficient (Wildman–Crippen LogP) is 1.77. The van der Waals surface area contributed by atoms with Crippen LogP contribution in [0.1, 0.15) is 44.9 Å². The lowest BCUT2D eigenvalue weighted by molar-refractivity contribution is 0.257. The summed E-state index contributed by atoms with van der Waals surface area (Å²) in [6.45, 7) is 8.57. The average Bonchev–Trinajstić information content (AvgIpc) is 2.98. The van der Waals surface area contributed by atoms with Gasteiger partial charge in [0.1, 0.15) is 0 Å². The van der Waals surface area contributed by atoms with Gasteiger partial charge in [0.25, 0.3) is 5.95 Å². The smallest absolute Gasteiger partial charge is 0.266 e. The third kappa shape index (κ3) is 2.11. The van der Waals surface area contributed by atoms with Crippen molar-refractivity contribution in [3.63, 3.8) is 0 Å². The summed E-state index contributed by atoms with van der Waals surface area (Å²) >= 11 is 0. The molecular weight excluding hydrogens is 228 g/mol. The van der Waals surface area contributed by atoms with Crippen LogP contribution >= 0.6 is 0 Å². The monoisotopic (exact) mass is 250 g/mol. The van der Waals surface area contributed by atoms with E-state index in [1.807, 2.05) is 0 Å². The lowest BCUT2D eigenvalue weighted by atomic mass is 9.79. The highest BCUT2D eigenvalue weighted by atomic mass is 16.5. The van der Waals surface area contributed by atoms with Crippen LogP contribution in [0, 0.1) is 5.41 Å². The normalized spacial score (nSPS) is 28.5.